The fraction of sp³-hybridized carbons (Fsp3) is 0.500. The van der Waals surface area contributed by atoms with E-state index in [2.05, 4.69) is 22.5 Å². The first-order valence-corrected chi connectivity index (χ1v) is 17.9. The van der Waals surface area contributed by atoms with E-state index in [1.54, 1.807) is 46.1 Å². The number of pyridine rings is 1. The number of likely N-dealkylation sites (tertiary alicyclic amines) is 1. The summed E-state index contributed by atoms with van der Waals surface area (Å²) in [4.78, 5) is 62.9. The Hall–Kier alpha value is -4.96. The zero-order valence-corrected chi connectivity index (χ0v) is 30.9. The summed E-state index contributed by atoms with van der Waals surface area (Å²) in [5, 5.41) is 31.1. The van der Waals surface area contributed by atoms with Crippen LogP contribution < -0.4 is 25.4 Å². The Balaban J connectivity index is 1.51. The summed E-state index contributed by atoms with van der Waals surface area (Å²) in [6.45, 7) is 13.5. The first-order chi connectivity index (χ1) is 24.6. The first kappa shape index (κ1) is 38.3. The second-order valence-corrected chi connectivity index (χ2v) is 15.3. The molecule has 5 atom stereocenters. The number of ether oxygens (including phenoxy) is 3. The molecule has 0 radical (unpaired) electrons. The molecule has 52 heavy (non-hydrogen) atoms. The van der Waals surface area contributed by atoms with Crippen molar-refractivity contribution >= 4 is 51.2 Å². The quantitative estimate of drug-likeness (QED) is 0.109. The van der Waals surface area contributed by atoms with Crippen molar-refractivity contribution in [1.29, 1.82) is 0 Å². The molecule has 2 aromatic heterocycles. The number of carboxylic acids is 1. The maximum Gasteiger partial charge on any atom is 0.405 e. The van der Waals surface area contributed by atoms with E-state index in [9.17, 15) is 29.4 Å². The Kier molecular flexibility index (Phi) is 11.3. The number of nitrogens with one attached hydrogen (secondary N) is 3. The van der Waals surface area contributed by atoms with Crippen LogP contribution in [0.4, 0.5) is 9.93 Å². The van der Waals surface area contributed by atoms with Crippen molar-refractivity contribution in [3.8, 4) is 22.9 Å². The zero-order chi connectivity index (χ0) is 38.0. The summed E-state index contributed by atoms with van der Waals surface area (Å²) < 4.78 is 17.6. The second kappa shape index (κ2) is 15.3. The molecule has 5 rings (SSSR count). The predicted molar refractivity (Wildman–Crippen MR) is 195 cm³/mol. The number of methoxy groups -OCH3 is 1. The van der Waals surface area contributed by atoms with Gasteiger partial charge in [0.1, 0.15) is 47.5 Å². The molecule has 2 aliphatic rings. The molecule has 0 unspecified atom stereocenters. The number of thiazole rings is 1. The number of fused-ring (bicyclic) bond motifs is 1. The van der Waals surface area contributed by atoms with E-state index in [-0.39, 0.29) is 25.4 Å². The molecule has 1 aromatic carbocycles. The number of carboxylic acid groups (broad SMARTS) is 2. The Morgan fingerprint density at radius 1 is 1.13 bits per heavy atom. The van der Waals surface area contributed by atoms with Gasteiger partial charge in [0.15, 0.2) is 5.13 Å². The number of anilines is 1. The number of benzene rings is 1. The molecule has 15 nitrogen and oxygen atoms in total. The third kappa shape index (κ3) is 8.39. The Morgan fingerprint density at radius 2 is 1.88 bits per heavy atom. The van der Waals surface area contributed by atoms with E-state index in [0.29, 0.717) is 47.0 Å². The van der Waals surface area contributed by atoms with Crippen molar-refractivity contribution in [3.63, 3.8) is 0 Å². The number of carbonyl (C=O) groups excluding carboxylic acids is 2. The number of rotatable bonds is 15. The van der Waals surface area contributed by atoms with Gasteiger partial charge in [-0.15, -0.1) is 17.9 Å². The molecular weight excluding hydrogens is 692 g/mol. The van der Waals surface area contributed by atoms with Gasteiger partial charge in [0.05, 0.1) is 24.4 Å². The van der Waals surface area contributed by atoms with E-state index in [0.717, 1.165) is 5.13 Å². The van der Waals surface area contributed by atoms with Gasteiger partial charge in [-0.1, -0.05) is 26.8 Å². The zero-order valence-electron chi connectivity index (χ0n) is 30.1. The van der Waals surface area contributed by atoms with Gasteiger partial charge in [-0.2, -0.15) is 0 Å². The van der Waals surface area contributed by atoms with Gasteiger partial charge in [0, 0.05) is 48.4 Å². The molecular formula is C36H46N6O9S. The number of amides is 3. The van der Waals surface area contributed by atoms with Gasteiger partial charge in [-0.05, 0) is 37.8 Å². The molecule has 16 heteroatoms. The van der Waals surface area contributed by atoms with Gasteiger partial charge in [-0.3, -0.25) is 9.59 Å². The summed E-state index contributed by atoms with van der Waals surface area (Å²) in [7, 11) is 1.59. The van der Waals surface area contributed by atoms with Crippen LogP contribution >= 0.6 is 11.3 Å². The van der Waals surface area contributed by atoms with E-state index >= 15 is 0 Å². The molecule has 0 spiro atoms. The van der Waals surface area contributed by atoms with Crippen LogP contribution in [0.2, 0.25) is 0 Å². The Labute approximate surface area is 305 Å². The summed E-state index contributed by atoms with van der Waals surface area (Å²) in [6.07, 6.45) is -0.489. The van der Waals surface area contributed by atoms with Crippen LogP contribution in [0.5, 0.6) is 11.5 Å². The lowest BCUT2D eigenvalue weighted by molar-refractivity contribution is -0.146. The molecule has 1 aliphatic carbocycles. The van der Waals surface area contributed by atoms with Crippen molar-refractivity contribution in [2.24, 2.45) is 11.3 Å². The fourth-order valence-electron chi connectivity index (χ4n) is 6.25. The number of aliphatic carboxylic acids is 1. The fourth-order valence-corrected chi connectivity index (χ4v) is 7.10. The molecule has 2 fully saturated rings. The number of hydrogen-bond acceptors (Lipinski definition) is 11. The Morgan fingerprint density at radius 3 is 2.50 bits per heavy atom. The maximum absolute atomic E-state index is 14.1. The largest absolute Gasteiger partial charge is 0.491 e. The van der Waals surface area contributed by atoms with E-state index in [1.807, 2.05) is 25.3 Å². The number of nitrogens with zero attached hydrogens (tertiary/aromatic N) is 3. The molecule has 3 heterocycles. The van der Waals surface area contributed by atoms with Crippen LogP contribution in [0.3, 0.4) is 0 Å². The first-order valence-electron chi connectivity index (χ1n) is 17.0. The average Bonchev–Trinajstić information content (AvgIpc) is 3.35. The monoisotopic (exact) mass is 738 g/mol. The van der Waals surface area contributed by atoms with Crippen molar-refractivity contribution in [3.05, 3.63) is 42.3 Å². The van der Waals surface area contributed by atoms with E-state index < -0.39 is 58.9 Å². The van der Waals surface area contributed by atoms with Gasteiger partial charge < -0.3 is 45.3 Å². The topological polar surface area (TPSA) is 202 Å². The summed E-state index contributed by atoms with van der Waals surface area (Å²) in [5.41, 5.74) is -0.710. The summed E-state index contributed by atoms with van der Waals surface area (Å²) >= 11 is 1.44. The highest BCUT2D eigenvalue weighted by molar-refractivity contribution is 7.14. The standard InChI is InChI=1S/C36H46N6O9S/c1-8-20-16-36(20,32(45)46)41-30(43)27-14-22(17-42(27)31(44)29(35(4,5)6)40-34(47)48)51-28-15-25(26-18-52-33(39-26)37-19(2)3)38-24-13-21(9-10-23(24)28)50-12-11-49-7/h8-10,13,15,18-20,22,27,29,40H,1,11-12,14,16-17H2,2-7H3,(H,37,39)(H,41,43)(H,45,46)(H,47,48)/t20-,22-,27+,29-,36-/m1/s1. The highest BCUT2D eigenvalue weighted by Gasteiger charge is 2.61. The lowest BCUT2D eigenvalue weighted by atomic mass is 9.85. The number of hydrogen-bond donors (Lipinski definition) is 5. The lowest BCUT2D eigenvalue weighted by Crippen LogP contribution is -2.59. The number of aromatic nitrogens is 2. The van der Waals surface area contributed by atoms with Crippen LogP contribution in [0.1, 0.15) is 47.5 Å². The molecule has 5 N–H and O–H groups in total. The third-order valence-corrected chi connectivity index (χ3v) is 9.80. The van der Waals surface area contributed by atoms with Crippen molar-refractivity contribution < 1.29 is 43.6 Å². The van der Waals surface area contributed by atoms with Crippen molar-refractivity contribution in [2.45, 2.75) is 77.2 Å². The molecule has 1 aliphatic heterocycles. The van der Waals surface area contributed by atoms with Crippen LogP contribution in [0.15, 0.2) is 42.3 Å². The lowest BCUT2D eigenvalue weighted by Gasteiger charge is -2.34. The molecule has 1 saturated carbocycles. The average molecular weight is 739 g/mol. The summed E-state index contributed by atoms with van der Waals surface area (Å²) in [5.74, 6) is -2.01. The Bertz CT molecular complexity index is 1840. The summed E-state index contributed by atoms with van der Waals surface area (Å²) in [6, 6.07) is 4.93. The molecule has 3 amide bonds. The smallest absolute Gasteiger partial charge is 0.405 e. The minimum absolute atomic E-state index is 0.00643. The molecule has 3 aromatic rings. The van der Waals surface area contributed by atoms with Crippen molar-refractivity contribution in [2.75, 3.05) is 32.2 Å². The number of carbonyl (C=O) groups is 4. The van der Waals surface area contributed by atoms with Crippen LogP contribution in [0, 0.1) is 11.3 Å². The van der Waals surface area contributed by atoms with Gasteiger partial charge >= 0.3 is 12.1 Å². The molecule has 0 bridgehead atoms. The van der Waals surface area contributed by atoms with E-state index in [4.69, 9.17) is 24.2 Å². The minimum atomic E-state index is -1.54. The molecule has 280 valence electrons. The third-order valence-electron chi connectivity index (χ3n) is 9.03. The maximum atomic E-state index is 14.1. The van der Waals surface area contributed by atoms with Crippen LogP contribution in [-0.2, 0) is 19.1 Å². The van der Waals surface area contributed by atoms with Gasteiger partial charge in [0.2, 0.25) is 11.8 Å². The van der Waals surface area contributed by atoms with E-state index in [1.165, 1.54) is 22.3 Å². The molecule has 1 saturated heterocycles. The highest BCUT2D eigenvalue weighted by atomic mass is 32.1. The second-order valence-electron chi connectivity index (χ2n) is 14.4. The predicted octanol–water partition coefficient (Wildman–Crippen LogP) is 4.38. The van der Waals surface area contributed by atoms with Crippen molar-refractivity contribution in [1.82, 2.24) is 25.5 Å². The van der Waals surface area contributed by atoms with Gasteiger partial charge in [0.25, 0.3) is 0 Å². The van der Waals surface area contributed by atoms with Gasteiger partial charge in [-0.25, -0.2) is 19.6 Å². The normalized spacial score (nSPS) is 21.8. The van der Waals surface area contributed by atoms with Crippen LogP contribution in [-0.4, -0.2) is 106 Å². The van der Waals surface area contributed by atoms with Crippen LogP contribution in [0.25, 0.3) is 22.3 Å². The highest BCUT2D eigenvalue weighted by Crippen LogP contribution is 2.45. The minimum Gasteiger partial charge on any atom is -0.491 e. The SMILES string of the molecule is C=C[C@@H]1C[C@]1(NC(=O)[C@@H]1C[C@@H](Oc2cc(-c3csc(NC(C)C)n3)nc3cc(OCCOC)ccc23)CN1C(=O)[C@@H](NC(=O)O)C(C)(C)C)C(=O)O.